The van der Waals surface area contributed by atoms with Crippen LogP contribution in [0.2, 0.25) is 0 Å². The molecule has 1 atom stereocenters. The van der Waals surface area contributed by atoms with E-state index in [0.29, 0.717) is 24.5 Å². The maximum atomic E-state index is 12.7. The van der Waals surface area contributed by atoms with Crippen LogP contribution in [-0.2, 0) is 9.59 Å². The summed E-state index contributed by atoms with van der Waals surface area (Å²) in [5.74, 6) is 0.492. The molecule has 1 aromatic heterocycles. The first-order valence-electron chi connectivity index (χ1n) is 8.76. The average molecular weight is 348 g/mol. The van der Waals surface area contributed by atoms with Gasteiger partial charge in [-0.15, -0.1) is 0 Å². The number of rotatable bonds is 3. The summed E-state index contributed by atoms with van der Waals surface area (Å²) in [5, 5.41) is 2.99. The number of imidazole rings is 1. The zero-order chi connectivity index (χ0) is 18.1. The second-order valence-corrected chi connectivity index (χ2v) is 6.51. The molecule has 0 saturated carbocycles. The van der Waals surface area contributed by atoms with E-state index in [2.05, 4.69) is 15.3 Å². The predicted molar refractivity (Wildman–Crippen MR) is 101 cm³/mol. The first-order chi connectivity index (χ1) is 12.6. The van der Waals surface area contributed by atoms with Gasteiger partial charge in [0, 0.05) is 19.0 Å². The number of carbonyl (C=O) groups is 2. The highest BCUT2D eigenvalue weighted by molar-refractivity contribution is 6.00. The maximum absolute atomic E-state index is 12.7. The van der Waals surface area contributed by atoms with Crippen molar-refractivity contribution in [2.75, 3.05) is 11.9 Å². The lowest BCUT2D eigenvalue weighted by Gasteiger charge is -2.22. The number of H-pyrrole nitrogens is 1. The van der Waals surface area contributed by atoms with Gasteiger partial charge in [-0.3, -0.25) is 9.59 Å². The molecule has 2 heterocycles. The Morgan fingerprint density at radius 1 is 1.15 bits per heavy atom. The minimum absolute atomic E-state index is 0.0618. The van der Waals surface area contributed by atoms with Crippen molar-refractivity contribution in [1.82, 2.24) is 14.9 Å². The lowest BCUT2D eigenvalue weighted by Crippen LogP contribution is -2.42. The van der Waals surface area contributed by atoms with E-state index in [4.69, 9.17) is 0 Å². The van der Waals surface area contributed by atoms with Crippen LogP contribution in [0.25, 0.3) is 22.4 Å². The molecule has 6 nitrogen and oxygen atoms in total. The molecule has 26 heavy (non-hydrogen) atoms. The fraction of sp³-hybridized carbons (Fsp3) is 0.250. The molecule has 2 N–H and O–H groups in total. The first-order valence-corrected chi connectivity index (χ1v) is 8.76. The van der Waals surface area contributed by atoms with Gasteiger partial charge in [0.25, 0.3) is 0 Å². The van der Waals surface area contributed by atoms with Crippen LogP contribution in [0.1, 0.15) is 19.8 Å². The number of nitrogens with one attached hydrogen (secondary N) is 2. The third-order valence-electron chi connectivity index (χ3n) is 4.79. The minimum atomic E-state index is -0.406. The lowest BCUT2D eigenvalue weighted by atomic mass is 10.1. The van der Waals surface area contributed by atoms with E-state index in [-0.39, 0.29) is 11.8 Å². The number of carbonyl (C=O) groups excluding carboxylic acids is 2. The number of para-hydroxylation sites is 3. The van der Waals surface area contributed by atoms with Gasteiger partial charge in [-0.1, -0.05) is 24.3 Å². The smallest absolute Gasteiger partial charge is 0.247 e. The Kier molecular flexibility index (Phi) is 4.16. The summed E-state index contributed by atoms with van der Waals surface area (Å²) in [4.78, 5) is 34.0. The Bertz CT molecular complexity index is 946. The van der Waals surface area contributed by atoms with Gasteiger partial charge < -0.3 is 15.2 Å². The molecule has 0 spiro atoms. The van der Waals surface area contributed by atoms with Gasteiger partial charge in [-0.05, 0) is 37.1 Å². The van der Waals surface area contributed by atoms with Gasteiger partial charge in [0.1, 0.15) is 11.9 Å². The molecule has 3 aromatic rings. The van der Waals surface area contributed by atoms with E-state index in [9.17, 15) is 9.59 Å². The molecule has 1 aliphatic heterocycles. The fourth-order valence-corrected chi connectivity index (χ4v) is 3.51. The highest BCUT2D eigenvalue weighted by Gasteiger charge is 2.32. The average Bonchev–Trinajstić information content (AvgIpc) is 3.29. The van der Waals surface area contributed by atoms with Crippen molar-refractivity contribution in [1.29, 1.82) is 0 Å². The van der Waals surface area contributed by atoms with Crippen LogP contribution in [0, 0.1) is 0 Å². The number of hydrogen-bond acceptors (Lipinski definition) is 3. The number of aromatic amines is 1. The highest BCUT2D eigenvalue weighted by atomic mass is 16.2. The van der Waals surface area contributed by atoms with Crippen LogP contribution >= 0.6 is 0 Å². The zero-order valence-electron chi connectivity index (χ0n) is 14.5. The SMILES string of the molecule is CC(=O)N1CCCC1C(=O)Nc1ccccc1-c1nc2ccccc2[nH]1. The van der Waals surface area contributed by atoms with Crippen LogP contribution in [-0.4, -0.2) is 39.3 Å². The van der Waals surface area contributed by atoms with E-state index in [1.54, 1.807) is 4.90 Å². The van der Waals surface area contributed by atoms with E-state index in [1.807, 2.05) is 48.5 Å². The Labute approximate surface area is 151 Å². The molecular weight excluding hydrogens is 328 g/mol. The third-order valence-corrected chi connectivity index (χ3v) is 4.79. The molecule has 4 rings (SSSR count). The van der Waals surface area contributed by atoms with Crippen LogP contribution in [0.5, 0.6) is 0 Å². The highest BCUT2D eigenvalue weighted by Crippen LogP contribution is 2.28. The van der Waals surface area contributed by atoms with Crippen molar-refractivity contribution in [2.24, 2.45) is 0 Å². The van der Waals surface area contributed by atoms with E-state index in [0.717, 1.165) is 23.0 Å². The molecule has 1 aliphatic rings. The summed E-state index contributed by atoms with van der Waals surface area (Å²) in [6, 6.07) is 15.0. The van der Waals surface area contributed by atoms with Gasteiger partial charge in [0.05, 0.1) is 16.7 Å². The number of likely N-dealkylation sites (tertiary alicyclic amines) is 1. The number of benzene rings is 2. The van der Waals surface area contributed by atoms with Crippen molar-refractivity contribution in [3.63, 3.8) is 0 Å². The number of hydrogen-bond donors (Lipinski definition) is 2. The molecule has 0 bridgehead atoms. The largest absolute Gasteiger partial charge is 0.338 e. The van der Waals surface area contributed by atoms with Crippen LogP contribution in [0.4, 0.5) is 5.69 Å². The van der Waals surface area contributed by atoms with Crippen molar-refractivity contribution < 1.29 is 9.59 Å². The Morgan fingerprint density at radius 3 is 2.73 bits per heavy atom. The normalized spacial score (nSPS) is 16.8. The summed E-state index contributed by atoms with van der Waals surface area (Å²) in [5.41, 5.74) is 3.33. The molecule has 0 radical (unpaired) electrons. The molecule has 0 aliphatic carbocycles. The van der Waals surface area contributed by atoms with Gasteiger partial charge in [0.2, 0.25) is 11.8 Å². The molecule has 2 amide bonds. The molecule has 2 aromatic carbocycles. The van der Waals surface area contributed by atoms with Crippen molar-refractivity contribution in [2.45, 2.75) is 25.8 Å². The quantitative estimate of drug-likeness (QED) is 0.763. The molecule has 6 heteroatoms. The lowest BCUT2D eigenvalue weighted by molar-refractivity contribution is -0.134. The molecule has 1 unspecified atom stereocenters. The van der Waals surface area contributed by atoms with E-state index >= 15 is 0 Å². The fourth-order valence-electron chi connectivity index (χ4n) is 3.51. The van der Waals surface area contributed by atoms with E-state index < -0.39 is 6.04 Å². The van der Waals surface area contributed by atoms with Crippen molar-refractivity contribution in [3.8, 4) is 11.4 Å². The van der Waals surface area contributed by atoms with Gasteiger partial charge in [-0.2, -0.15) is 0 Å². The van der Waals surface area contributed by atoms with Crippen LogP contribution < -0.4 is 5.32 Å². The Balaban J connectivity index is 1.64. The maximum Gasteiger partial charge on any atom is 0.247 e. The van der Waals surface area contributed by atoms with Gasteiger partial charge >= 0.3 is 0 Å². The second kappa shape index (κ2) is 6.63. The van der Waals surface area contributed by atoms with Crippen molar-refractivity contribution in [3.05, 3.63) is 48.5 Å². The summed E-state index contributed by atoms with van der Waals surface area (Å²) in [6.45, 7) is 2.15. The van der Waals surface area contributed by atoms with Gasteiger partial charge in [0.15, 0.2) is 0 Å². The molecule has 1 saturated heterocycles. The molecule has 1 fully saturated rings. The monoisotopic (exact) mass is 348 g/mol. The Morgan fingerprint density at radius 2 is 1.92 bits per heavy atom. The number of anilines is 1. The first kappa shape index (κ1) is 16.3. The number of aromatic nitrogens is 2. The summed E-state index contributed by atoms with van der Waals surface area (Å²) >= 11 is 0. The standard InChI is InChI=1S/C20H20N4O2/c1-13(25)24-12-6-11-18(24)20(26)23-15-8-3-2-7-14(15)19-21-16-9-4-5-10-17(16)22-19/h2-5,7-10,18H,6,11-12H2,1H3,(H,21,22)(H,23,26). The van der Waals surface area contributed by atoms with Gasteiger partial charge in [-0.25, -0.2) is 4.98 Å². The third kappa shape index (κ3) is 2.94. The van der Waals surface area contributed by atoms with E-state index in [1.165, 1.54) is 6.92 Å². The summed E-state index contributed by atoms with van der Waals surface area (Å²) in [6.07, 6.45) is 1.54. The van der Waals surface area contributed by atoms with Crippen LogP contribution in [0.15, 0.2) is 48.5 Å². The molecular formula is C20H20N4O2. The summed E-state index contributed by atoms with van der Waals surface area (Å²) < 4.78 is 0. The van der Waals surface area contributed by atoms with Crippen molar-refractivity contribution >= 4 is 28.5 Å². The number of fused-ring (bicyclic) bond motifs is 1. The Hall–Kier alpha value is -3.15. The van der Waals surface area contributed by atoms with Crippen LogP contribution in [0.3, 0.4) is 0 Å². The topological polar surface area (TPSA) is 78.1 Å². The predicted octanol–water partition coefficient (Wildman–Crippen LogP) is 3.18. The number of nitrogens with zero attached hydrogens (tertiary/aromatic N) is 2. The second-order valence-electron chi connectivity index (χ2n) is 6.51. The minimum Gasteiger partial charge on any atom is -0.338 e. The summed E-state index contributed by atoms with van der Waals surface area (Å²) in [7, 11) is 0. The number of amides is 2. The zero-order valence-corrected chi connectivity index (χ0v) is 14.5. The molecule has 132 valence electrons.